The van der Waals surface area contributed by atoms with Crippen LogP contribution in [0.2, 0.25) is 0 Å². The van der Waals surface area contributed by atoms with E-state index in [9.17, 15) is 19.8 Å². The highest BCUT2D eigenvalue weighted by Gasteiger charge is 2.68. The molecule has 2 saturated carbocycles. The predicted molar refractivity (Wildman–Crippen MR) is 144 cm³/mol. The number of fused-ring (bicyclic) bond motifs is 5. The smallest absolute Gasteiger partial charge is 0.306 e. The van der Waals surface area contributed by atoms with Crippen molar-refractivity contribution in [1.29, 1.82) is 0 Å². The Morgan fingerprint density at radius 1 is 1.13 bits per heavy atom. The SMILES string of the molecule is CC1=C2[C@@H](O)C(=O)[C@@]3(C)C(C[C@](ON(C)C)(C[C@@H]1OC(=O)CCc1ccccc1)C2(C)C)[C@@H]1CO[C@@H]1C[C@@H]3O. The number of esters is 1. The maximum Gasteiger partial charge on any atom is 0.306 e. The van der Waals surface area contributed by atoms with E-state index >= 15 is 0 Å². The highest BCUT2D eigenvalue weighted by atomic mass is 16.7. The number of aliphatic hydroxyl groups is 2. The van der Waals surface area contributed by atoms with E-state index in [0.29, 0.717) is 43.4 Å². The van der Waals surface area contributed by atoms with Gasteiger partial charge in [0.25, 0.3) is 0 Å². The Balaban J connectivity index is 1.55. The number of hydroxylamine groups is 2. The van der Waals surface area contributed by atoms with Gasteiger partial charge in [0.15, 0.2) is 5.78 Å². The Morgan fingerprint density at radius 3 is 2.44 bits per heavy atom. The van der Waals surface area contributed by atoms with E-state index in [1.54, 1.807) is 12.0 Å². The molecule has 0 radical (unpaired) electrons. The summed E-state index contributed by atoms with van der Waals surface area (Å²) in [6.07, 6.45) is -1.14. The van der Waals surface area contributed by atoms with Crippen molar-refractivity contribution in [1.82, 2.24) is 5.06 Å². The molecule has 0 spiro atoms. The van der Waals surface area contributed by atoms with Crippen LogP contribution in [0.25, 0.3) is 0 Å². The Morgan fingerprint density at radius 2 is 1.82 bits per heavy atom. The molecule has 5 rings (SSSR count). The first kappa shape index (κ1) is 28.4. The fourth-order valence-corrected chi connectivity index (χ4v) is 7.90. The van der Waals surface area contributed by atoms with Gasteiger partial charge in [0, 0.05) is 44.7 Å². The monoisotopic (exact) mass is 541 g/mol. The molecule has 1 aromatic carbocycles. The maximum absolute atomic E-state index is 14.1. The third-order valence-corrected chi connectivity index (χ3v) is 10.3. The van der Waals surface area contributed by atoms with Gasteiger partial charge in [-0.15, -0.1) is 0 Å². The van der Waals surface area contributed by atoms with Crippen molar-refractivity contribution >= 4 is 11.8 Å². The summed E-state index contributed by atoms with van der Waals surface area (Å²) in [4.78, 5) is 33.9. The summed E-state index contributed by atoms with van der Waals surface area (Å²) in [5, 5.41) is 24.7. The number of carbonyl (C=O) groups is 2. The number of rotatable bonds is 6. The molecule has 1 aliphatic heterocycles. The average Bonchev–Trinajstić information content (AvgIpc) is 2.86. The summed E-state index contributed by atoms with van der Waals surface area (Å²) in [5.74, 6) is -0.893. The normalized spacial score (nSPS) is 39.3. The number of carbonyl (C=O) groups excluding carboxylic acids is 2. The summed E-state index contributed by atoms with van der Waals surface area (Å²) in [7, 11) is 3.64. The lowest BCUT2D eigenvalue weighted by molar-refractivity contribution is -0.297. The number of benzene rings is 1. The van der Waals surface area contributed by atoms with E-state index in [1.807, 2.05) is 65.2 Å². The van der Waals surface area contributed by atoms with Crippen LogP contribution in [0.3, 0.4) is 0 Å². The molecule has 1 unspecified atom stereocenters. The van der Waals surface area contributed by atoms with Crippen molar-refractivity contribution in [3.8, 4) is 0 Å². The van der Waals surface area contributed by atoms with Gasteiger partial charge >= 0.3 is 5.97 Å². The van der Waals surface area contributed by atoms with Crippen molar-refractivity contribution in [2.75, 3.05) is 20.7 Å². The quantitative estimate of drug-likeness (QED) is 0.321. The minimum absolute atomic E-state index is 0.0772. The molecule has 1 aromatic rings. The van der Waals surface area contributed by atoms with Crippen LogP contribution in [0.4, 0.5) is 0 Å². The first-order chi connectivity index (χ1) is 18.3. The molecular weight excluding hydrogens is 498 g/mol. The molecule has 8 heteroatoms. The molecule has 8 atom stereocenters. The zero-order valence-electron chi connectivity index (χ0n) is 24.0. The molecule has 0 amide bonds. The van der Waals surface area contributed by atoms with Gasteiger partial charge in [0.1, 0.15) is 17.8 Å². The molecule has 1 saturated heterocycles. The van der Waals surface area contributed by atoms with Crippen molar-refractivity contribution < 1.29 is 34.1 Å². The third-order valence-electron chi connectivity index (χ3n) is 10.3. The van der Waals surface area contributed by atoms with Gasteiger partial charge in [-0.3, -0.25) is 14.4 Å². The molecular formula is C31H43NO7. The van der Waals surface area contributed by atoms with Crippen LogP contribution >= 0.6 is 0 Å². The van der Waals surface area contributed by atoms with Crippen molar-refractivity contribution in [3.05, 3.63) is 47.0 Å². The molecule has 3 aliphatic carbocycles. The average molecular weight is 542 g/mol. The Bertz CT molecular complexity index is 1150. The van der Waals surface area contributed by atoms with Crippen LogP contribution in [0.5, 0.6) is 0 Å². The number of Topliss-reactive ketones (excluding diaryl/α,β-unsaturated/α-hetero) is 1. The highest BCUT2D eigenvalue weighted by Crippen LogP contribution is 2.62. The second-order valence-corrected chi connectivity index (χ2v) is 12.9. The van der Waals surface area contributed by atoms with Gasteiger partial charge in [-0.1, -0.05) is 44.2 Å². The highest BCUT2D eigenvalue weighted by molar-refractivity contribution is 5.93. The van der Waals surface area contributed by atoms with Gasteiger partial charge in [0.05, 0.1) is 24.2 Å². The van der Waals surface area contributed by atoms with E-state index in [4.69, 9.17) is 14.3 Å². The Labute approximate surface area is 231 Å². The number of aryl methyl sites for hydroxylation is 1. The number of hydrogen-bond acceptors (Lipinski definition) is 8. The van der Waals surface area contributed by atoms with E-state index in [1.165, 1.54) is 0 Å². The number of hydrogen-bond donors (Lipinski definition) is 2. The van der Waals surface area contributed by atoms with E-state index in [0.717, 1.165) is 5.56 Å². The van der Waals surface area contributed by atoms with E-state index in [2.05, 4.69) is 0 Å². The third kappa shape index (κ3) is 4.49. The largest absolute Gasteiger partial charge is 0.458 e. The second-order valence-electron chi connectivity index (χ2n) is 12.9. The standard InChI is InChI=1S/C31H43NO7/c1-18-23(38-25(34)13-12-19-10-8-7-9-11-19)16-31(39-32(5)6)15-21-20-17-37-22(20)14-24(33)30(21,4)28(36)27(35)26(18)29(31,2)3/h7-11,20-24,27,33,35H,12-17H2,1-6H3/t20-,21?,22+,23-,24-,27+,30-,31-/m0/s1. The molecule has 2 N–H and O–H groups in total. The molecule has 0 aromatic heterocycles. The summed E-state index contributed by atoms with van der Waals surface area (Å²) in [5.41, 5.74) is -0.537. The first-order valence-corrected chi connectivity index (χ1v) is 14.1. The Hall–Kier alpha value is -2.10. The van der Waals surface area contributed by atoms with Gasteiger partial charge in [-0.2, -0.15) is 5.06 Å². The summed E-state index contributed by atoms with van der Waals surface area (Å²) >= 11 is 0. The van der Waals surface area contributed by atoms with Crippen LogP contribution in [-0.2, 0) is 30.3 Å². The molecule has 4 aliphatic rings. The lowest BCUT2D eigenvalue weighted by Crippen LogP contribution is -2.69. The molecule has 3 fully saturated rings. The van der Waals surface area contributed by atoms with Crippen LogP contribution in [0.15, 0.2) is 41.5 Å². The minimum Gasteiger partial charge on any atom is -0.458 e. The van der Waals surface area contributed by atoms with E-state index in [-0.39, 0.29) is 36.1 Å². The maximum atomic E-state index is 14.1. The lowest BCUT2D eigenvalue weighted by Gasteiger charge is -2.63. The van der Waals surface area contributed by atoms with Gasteiger partial charge in [-0.25, -0.2) is 0 Å². The topological polar surface area (TPSA) is 106 Å². The van der Waals surface area contributed by atoms with Gasteiger partial charge in [-0.05, 0) is 49.3 Å². The van der Waals surface area contributed by atoms with E-state index < -0.39 is 34.7 Å². The molecule has 39 heavy (non-hydrogen) atoms. The number of ether oxygens (including phenoxy) is 2. The molecule has 1 heterocycles. The summed E-state index contributed by atoms with van der Waals surface area (Å²) < 4.78 is 11.9. The zero-order chi connectivity index (χ0) is 28.3. The fraction of sp³-hybridized carbons (Fsp3) is 0.677. The van der Waals surface area contributed by atoms with Gasteiger partial charge < -0.3 is 19.7 Å². The lowest BCUT2D eigenvalue weighted by atomic mass is 9.47. The first-order valence-electron chi connectivity index (χ1n) is 14.1. The van der Waals surface area contributed by atoms with Crippen molar-refractivity contribution in [3.63, 3.8) is 0 Å². The Kier molecular flexibility index (Phi) is 7.34. The molecule has 8 nitrogen and oxygen atoms in total. The minimum atomic E-state index is -1.45. The summed E-state index contributed by atoms with van der Waals surface area (Å²) in [6.45, 7) is 8.18. The number of ketones is 1. The predicted octanol–water partition coefficient (Wildman–Crippen LogP) is 3.25. The molecule has 2 bridgehead atoms. The molecule has 214 valence electrons. The van der Waals surface area contributed by atoms with Crippen LogP contribution in [0, 0.1) is 22.7 Å². The number of nitrogens with zero attached hydrogens (tertiary/aromatic N) is 1. The van der Waals surface area contributed by atoms with Gasteiger partial charge in [0.2, 0.25) is 0 Å². The number of aliphatic hydroxyl groups excluding tert-OH is 2. The van der Waals surface area contributed by atoms with Crippen molar-refractivity contribution in [2.45, 2.75) is 89.8 Å². The van der Waals surface area contributed by atoms with Crippen LogP contribution in [-0.4, -0.2) is 77.7 Å². The zero-order valence-corrected chi connectivity index (χ0v) is 24.0. The van der Waals surface area contributed by atoms with Crippen molar-refractivity contribution in [2.24, 2.45) is 22.7 Å². The van der Waals surface area contributed by atoms with Crippen LogP contribution in [0.1, 0.15) is 58.9 Å². The summed E-state index contributed by atoms with van der Waals surface area (Å²) in [6, 6.07) is 9.80. The second kappa shape index (κ2) is 10.1. The van der Waals surface area contributed by atoms with Crippen LogP contribution < -0.4 is 0 Å². The fourth-order valence-electron chi connectivity index (χ4n) is 7.90.